The van der Waals surface area contributed by atoms with E-state index in [4.69, 9.17) is 4.98 Å². The lowest BCUT2D eigenvalue weighted by atomic mass is 10.0. The molecule has 140 valence electrons. The summed E-state index contributed by atoms with van der Waals surface area (Å²) in [5.74, 6) is 1.01. The molecule has 0 unspecified atom stereocenters. The molecule has 0 aliphatic rings. The van der Waals surface area contributed by atoms with Gasteiger partial charge in [-0.25, -0.2) is 4.98 Å². The number of pyridine rings is 2. The van der Waals surface area contributed by atoms with E-state index in [1.54, 1.807) is 23.0 Å². The summed E-state index contributed by atoms with van der Waals surface area (Å²) in [6.45, 7) is 8.10. The van der Waals surface area contributed by atoms with E-state index in [2.05, 4.69) is 48.3 Å². The molecule has 4 aromatic rings. The first-order valence-corrected chi connectivity index (χ1v) is 9.09. The average Bonchev–Trinajstić information content (AvgIpc) is 3.03. The zero-order valence-corrected chi connectivity index (χ0v) is 16.3. The van der Waals surface area contributed by atoms with Crippen LogP contribution in [0.5, 0.6) is 0 Å². The Morgan fingerprint density at radius 3 is 2.61 bits per heavy atom. The third-order valence-corrected chi connectivity index (χ3v) is 4.66. The molecular formula is C22H21N5O. The number of carbonyl (C=O) groups is 1. The Labute approximate surface area is 163 Å². The van der Waals surface area contributed by atoms with Gasteiger partial charge in [-0.05, 0) is 63.1 Å². The van der Waals surface area contributed by atoms with Crippen LogP contribution in [0.25, 0.3) is 16.7 Å². The van der Waals surface area contributed by atoms with Gasteiger partial charge in [-0.1, -0.05) is 11.6 Å². The quantitative estimate of drug-likeness (QED) is 0.583. The molecule has 1 amide bonds. The van der Waals surface area contributed by atoms with E-state index in [1.807, 2.05) is 19.1 Å². The molecule has 1 aromatic carbocycles. The Hall–Kier alpha value is -3.54. The molecule has 0 atom stereocenters. The second-order valence-electron chi connectivity index (χ2n) is 7.05. The number of fused-ring (bicyclic) bond motifs is 1. The van der Waals surface area contributed by atoms with Crippen molar-refractivity contribution in [3.63, 3.8) is 0 Å². The van der Waals surface area contributed by atoms with Crippen LogP contribution >= 0.6 is 0 Å². The number of amides is 1. The molecule has 1 N–H and O–H groups in total. The van der Waals surface area contributed by atoms with Crippen LogP contribution in [0.15, 0.2) is 48.8 Å². The first-order chi connectivity index (χ1) is 13.4. The summed E-state index contributed by atoms with van der Waals surface area (Å²) >= 11 is 0. The second kappa shape index (κ2) is 6.88. The minimum atomic E-state index is -0.237. The van der Waals surface area contributed by atoms with Crippen LogP contribution < -0.4 is 5.32 Å². The molecule has 0 saturated carbocycles. The Morgan fingerprint density at radius 2 is 1.86 bits per heavy atom. The van der Waals surface area contributed by atoms with Gasteiger partial charge >= 0.3 is 0 Å². The zero-order chi connectivity index (χ0) is 19.8. The molecule has 0 bridgehead atoms. The molecule has 0 fully saturated rings. The minimum absolute atomic E-state index is 0.237. The number of carbonyl (C=O) groups excluding carboxylic acids is 1. The van der Waals surface area contributed by atoms with Crippen molar-refractivity contribution in [2.45, 2.75) is 27.7 Å². The van der Waals surface area contributed by atoms with Crippen molar-refractivity contribution in [1.82, 2.24) is 19.7 Å². The van der Waals surface area contributed by atoms with Gasteiger partial charge in [0.15, 0.2) is 5.82 Å². The highest BCUT2D eigenvalue weighted by Crippen LogP contribution is 2.26. The lowest BCUT2D eigenvalue weighted by Gasteiger charge is -2.12. The van der Waals surface area contributed by atoms with Crippen molar-refractivity contribution >= 4 is 22.6 Å². The fourth-order valence-corrected chi connectivity index (χ4v) is 3.38. The first-order valence-electron chi connectivity index (χ1n) is 9.09. The lowest BCUT2D eigenvalue weighted by molar-refractivity contribution is 0.102. The van der Waals surface area contributed by atoms with Gasteiger partial charge in [0.05, 0.1) is 16.8 Å². The smallest absolute Gasteiger partial charge is 0.258 e. The summed E-state index contributed by atoms with van der Waals surface area (Å²) in [6, 6.07) is 11.5. The van der Waals surface area contributed by atoms with Crippen LogP contribution in [-0.2, 0) is 0 Å². The first kappa shape index (κ1) is 17.9. The number of aryl methyl sites for hydroxylation is 4. The Kier molecular flexibility index (Phi) is 4.39. The number of aromatic nitrogens is 4. The van der Waals surface area contributed by atoms with E-state index in [0.717, 1.165) is 27.7 Å². The Balaban J connectivity index is 1.79. The minimum Gasteiger partial charge on any atom is -0.306 e. The Morgan fingerprint density at radius 1 is 1.04 bits per heavy atom. The number of anilines is 1. The van der Waals surface area contributed by atoms with Crippen LogP contribution in [0.3, 0.4) is 0 Å². The third-order valence-electron chi connectivity index (χ3n) is 4.66. The highest BCUT2D eigenvalue weighted by Gasteiger charge is 2.15. The van der Waals surface area contributed by atoms with Crippen molar-refractivity contribution in [2.24, 2.45) is 0 Å². The number of rotatable bonds is 3. The van der Waals surface area contributed by atoms with Gasteiger partial charge in [0.25, 0.3) is 5.91 Å². The van der Waals surface area contributed by atoms with Gasteiger partial charge in [-0.15, -0.1) is 0 Å². The molecular weight excluding hydrogens is 350 g/mol. The number of nitrogens with zero attached hydrogens (tertiary/aromatic N) is 4. The molecule has 0 aliphatic carbocycles. The summed E-state index contributed by atoms with van der Waals surface area (Å²) in [4.78, 5) is 21.4. The Bertz CT molecular complexity index is 1190. The monoisotopic (exact) mass is 371 g/mol. The van der Waals surface area contributed by atoms with Gasteiger partial charge in [-0.2, -0.15) is 9.78 Å². The standard InChI is InChI=1S/C22H21N5O/c1-13-8-15(3)21-18(9-13)14(2)10-19(24-21)27-20(11-16(4)26-27)25-22(28)17-6-5-7-23-12-17/h5-12H,1-4H3,(H,25,28). The molecule has 0 spiro atoms. The van der Waals surface area contributed by atoms with E-state index in [-0.39, 0.29) is 5.91 Å². The predicted molar refractivity (Wildman–Crippen MR) is 110 cm³/mol. The van der Waals surface area contributed by atoms with Crippen LogP contribution in [0.4, 0.5) is 5.82 Å². The van der Waals surface area contributed by atoms with Crippen LogP contribution in [0.1, 0.15) is 32.7 Å². The number of hydrogen-bond donors (Lipinski definition) is 1. The van der Waals surface area contributed by atoms with Crippen molar-refractivity contribution in [3.8, 4) is 5.82 Å². The van der Waals surface area contributed by atoms with Crippen LogP contribution in [0, 0.1) is 27.7 Å². The van der Waals surface area contributed by atoms with E-state index in [1.165, 1.54) is 11.8 Å². The van der Waals surface area contributed by atoms with E-state index < -0.39 is 0 Å². The number of hydrogen-bond acceptors (Lipinski definition) is 4. The second-order valence-corrected chi connectivity index (χ2v) is 7.05. The van der Waals surface area contributed by atoms with E-state index >= 15 is 0 Å². The maximum atomic E-state index is 12.6. The molecule has 0 saturated heterocycles. The summed E-state index contributed by atoms with van der Waals surface area (Å²) in [6.07, 6.45) is 3.17. The van der Waals surface area contributed by atoms with Crippen LogP contribution in [0.2, 0.25) is 0 Å². The van der Waals surface area contributed by atoms with Gasteiger partial charge in [0.1, 0.15) is 5.82 Å². The molecule has 6 heteroatoms. The maximum Gasteiger partial charge on any atom is 0.258 e. The highest BCUT2D eigenvalue weighted by molar-refractivity contribution is 6.03. The lowest BCUT2D eigenvalue weighted by Crippen LogP contribution is -2.16. The fraction of sp³-hybridized carbons (Fsp3) is 0.182. The third kappa shape index (κ3) is 3.24. The number of nitrogens with one attached hydrogen (secondary N) is 1. The normalized spacial score (nSPS) is 11.0. The summed E-state index contributed by atoms with van der Waals surface area (Å²) in [5, 5.41) is 8.60. The summed E-state index contributed by atoms with van der Waals surface area (Å²) in [5.41, 5.74) is 5.66. The largest absolute Gasteiger partial charge is 0.306 e. The molecule has 28 heavy (non-hydrogen) atoms. The van der Waals surface area contributed by atoms with Crippen molar-refractivity contribution in [2.75, 3.05) is 5.32 Å². The molecule has 3 heterocycles. The van der Waals surface area contributed by atoms with E-state index in [0.29, 0.717) is 17.2 Å². The topological polar surface area (TPSA) is 72.7 Å². The summed E-state index contributed by atoms with van der Waals surface area (Å²) in [7, 11) is 0. The van der Waals surface area contributed by atoms with Gasteiger partial charge < -0.3 is 5.32 Å². The maximum absolute atomic E-state index is 12.6. The van der Waals surface area contributed by atoms with Crippen LogP contribution in [-0.4, -0.2) is 25.7 Å². The SMILES string of the molecule is Cc1cc(C)c2nc(-n3nc(C)cc3NC(=O)c3cccnc3)cc(C)c2c1. The predicted octanol–water partition coefficient (Wildman–Crippen LogP) is 4.30. The molecule has 6 nitrogen and oxygen atoms in total. The average molecular weight is 371 g/mol. The molecule has 0 radical (unpaired) electrons. The van der Waals surface area contributed by atoms with Gasteiger partial charge in [-0.3, -0.25) is 9.78 Å². The van der Waals surface area contributed by atoms with Crippen molar-refractivity contribution in [1.29, 1.82) is 0 Å². The highest BCUT2D eigenvalue weighted by atomic mass is 16.1. The molecule has 4 rings (SSSR count). The number of benzene rings is 1. The molecule has 0 aliphatic heterocycles. The van der Waals surface area contributed by atoms with E-state index in [9.17, 15) is 4.79 Å². The van der Waals surface area contributed by atoms with Gasteiger partial charge in [0.2, 0.25) is 0 Å². The fourth-order valence-electron chi connectivity index (χ4n) is 3.38. The summed E-state index contributed by atoms with van der Waals surface area (Å²) < 4.78 is 1.68. The van der Waals surface area contributed by atoms with Gasteiger partial charge in [0, 0.05) is 23.8 Å². The van der Waals surface area contributed by atoms with Crippen molar-refractivity contribution in [3.05, 3.63) is 76.7 Å². The zero-order valence-electron chi connectivity index (χ0n) is 16.3. The van der Waals surface area contributed by atoms with Crippen molar-refractivity contribution < 1.29 is 4.79 Å². The molecule has 3 aromatic heterocycles.